The summed E-state index contributed by atoms with van der Waals surface area (Å²) < 4.78 is 10.8. The molecule has 0 aliphatic carbocycles. The summed E-state index contributed by atoms with van der Waals surface area (Å²) in [6.07, 6.45) is 5.25. The molecular weight excluding hydrogens is 344 g/mol. The summed E-state index contributed by atoms with van der Waals surface area (Å²) in [5.74, 6) is 0. The molecule has 0 aromatic rings. The lowest BCUT2D eigenvalue weighted by atomic mass is 10.2. The standard InChI is InChI=1S/C21H38N2O4/c1-9-14-22(18(24)26-20(3,4)5)16-12-11-13-17-23(15-10-2)19(25)27-21(6,7)8/h9-10H,1-2,11-17H2,3-8H3. The van der Waals surface area contributed by atoms with Gasteiger partial charge in [0.15, 0.2) is 0 Å². The second-order valence-electron chi connectivity index (χ2n) is 8.49. The average Bonchev–Trinajstić information content (AvgIpc) is 2.49. The van der Waals surface area contributed by atoms with Crippen LogP contribution in [0.5, 0.6) is 0 Å². The zero-order valence-electron chi connectivity index (χ0n) is 18.0. The van der Waals surface area contributed by atoms with Gasteiger partial charge in [0.2, 0.25) is 0 Å². The molecule has 0 aliphatic heterocycles. The predicted molar refractivity (Wildman–Crippen MR) is 110 cm³/mol. The summed E-state index contributed by atoms with van der Waals surface area (Å²) in [4.78, 5) is 27.7. The summed E-state index contributed by atoms with van der Waals surface area (Å²) in [6, 6.07) is 0. The van der Waals surface area contributed by atoms with Crippen LogP contribution in [0.3, 0.4) is 0 Å². The number of nitrogens with zero attached hydrogens (tertiary/aromatic N) is 2. The van der Waals surface area contributed by atoms with E-state index in [2.05, 4.69) is 13.2 Å². The summed E-state index contributed by atoms with van der Waals surface area (Å²) in [5, 5.41) is 0. The number of rotatable bonds is 10. The zero-order chi connectivity index (χ0) is 21.1. The highest BCUT2D eigenvalue weighted by molar-refractivity contribution is 5.68. The molecule has 0 spiro atoms. The Morgan fingerprint density at radius 1 is 0.741 bits per heavy atom. The van der Waals surface area contributed by atoms with Crippen molar-refractivity contribution in [3.05, 3.63) is 25.3 Å². The summed E-state index contributed by atoms with van der Waals surface area (Å²) in [7, 11) is 0. The Morgan fingerprint density at radius 3 is 1.33 bits per heavy atom. The molecule has 0 radical (unpaired) electrons. The molecule has 0 unspecified atom stereocenters. The van der Waals surface area contributed by atoms with Gasteiger partial charge in [0.25, 0.3) is 0 Å². The van der Waals surface area contributed by atoms with Crippen molar-refractivity contribution in [2.24, 2.45) is 0 Å². The molecule has 27 heavy (non-hydrogen) atoms. The van der Waals surface area contributed by atoms with Crippen molar-refractivity contribution in [1.82, 2.24) is 9.80 Å². The minimum atomic E-state index is -0.519. The Hall–Kier alpha value is -1.98. The van der Waals surface area contributed by atoms with Crippen LogP contribution in [-0.4, -0.2) is 59.4 Å². The molecule has 0 saturated carbocycles. The highest BCUT2D eigenvalue weighted by atomic mass is 16.6. The highest BCUT2D eigenvalue weighted by Crippen LogP contribution is 2.13. The third-order valence-electron chi connectivity index (χ3n) is 3.36. The van der Waals surface area contributed by atoms with Crippen molar-refractivity contribution < 1.29 is 19.1 Å². The van der Waals surface area contributed by atoms with Gasteiger partial charge < -0.3 is 19.3 Å². The van der Waals surface area contributed by atoms with Gasteiger partial charge in [0.1, 0.15) is 11.2 Å². The van der Waals surface area contributed by atoms with Crippen molar-refractivity contribution in [2.75, 3.05) is 26.2 Å². The minimum Gasteiger partial charge on any atom is -0.444 e. The lowest BCUT2D eigenvalue weighted by Gasteiger charge is -2.27. The molecule has 6 nitrogen and oxygen atoms in total. The quantitative estimate of drug-likeness (QED) is 0.394. The first kappa shape index (κ1) is 25.0. The molecule has 156 valence electrons. The highest BCUT2D eigenvalue weighted by Gasteiger charge is 2.22. The molecular formula is C21H38N2O4. The van der Waals surface area contributed by atoms with Crippen LogP contribution in [0.25, 0.3) is 0 Å². The molecule has 6 heteroatoms. The number of carbonyl (C=O) groups excluding carboxylic acids is 2. The van der Waals surface area contributed by atoms with Gasteiger partial charge in [-0.05, 0) is 60.8 Å². The van der Waals surface area contributed by atoms with E-state index in [1.165, 1.54) is 0 Å². The largest absolute Gasteiger partial charge is 0.444 e. The third kappa shape index (κ3) is 12.9. The summed E-state index contributed by atoms with van der Waals surface area (Å²) >= 11 is 0. The van der Waals surface area contributed by atoms with E-state index >= 15 is 0 Å². The smallest absolute Gasteiger partial charge is 0.410 e. The Balaban J connectivity index is 4.41. The fourth-order valence-corrected chi connectivity index (χ4v) is 2.26. The topological polar surface area (TPSA) is 59.1 Å². The molecule has 0 rings (SSSR count). The van der Waals surface area contributed by atoms with E-state index in [0.717, 1.165) is 19.3 Å². The molecule has 0 saturated heterocycles. The van der Waals surface area contributed by atoms with Crippen LogP contribution in [0.4, 0.5) is 9.59 Å². The average molecular weight is 383 g/mol. The number of amides is 2. The molecule has 0 aliphatic rings. The van der Waals surface area contributed by atoms with Crippen LogP contribution in [-0.2, 0) is 9.47 Å². The van der Waals surface area contributed by atoms with Crippen LogP contribution in [0.1, 0.15) is 60.8 Å². The fourth-order valence-electron chi connectivity index (χ4n) is 2.26. The normalized spacial score (nSPS) is 11.5. The number of hydrogen-bond donors (Lipinski definition) is 0. The van der Waals surface area contributed by atoms with E-state index in [9.17, 15) is 9.59 Å². The van der Waals surface area contributed by atoms with Crippen LogP contribution in [0.15, 0.2) is 25.3 Å². The third-order valence-corrected chi connectivity index (χ3v) is 3.36. The van der Waals surface area contributed by atoms with E-state index in [1.54, 1.807) is 22.0 Å². The van der Waals surface area contributed by atoms with Gasteiger partial charge in [-0.3, -0.25) is 0 Å². The Kier molecular flexibility index (Phi) is 10.8. The van der Waals surface area contributed by atoms with Gasteiger partial charge in [-0.25, -0.2) is 9.59 Å². The minimum absolute atomic E-state index is 0.329. The molecule has 2 amide bonds. The first-order chi connectivity index (χ1) is 12.4. The van der Waals surface area contributed by atoms with E-state index < -0.39 is 11.2 Å². The van der Waals surface area contributed by atoms with E-state index in [0.29, 0.717) is 26.2 Å². The zero-order valence-corrected chi connectivity index (χ0v) is 18.0. The SMILES string of the molecule is C=CCN(CCCCCN(CC=C)C(=O)OC(C)(C)C)C(=O)OC(C)(C)C. The summed E-state index contributed by atoms with van der Waals surface area (Å²) in [6.45, 7) is 20.6. The molecule has 0 fully saturated rings. The van der Waals surface area contributed by atoms with E-state index in [1.807, 2.05) is 41.5 Å². The van der Waals surface area contributed by atoms with Gasteiger partial charge >= 0.3 is 12.2 Å². The van der Waals surface area contributed by atoms with Crippen molar-refractivity contribution >= 4 is 12.2 Å². The van der Waals surface area contributed by atoms with Gasteiger partial charge in [-0.1, -0.05) is 12.2 Å². The molecule has 0 atom stereocenters. The maximum absolute atomic E-state index is 12.2. The monoisotopic (exact) mass is 382 g/mol. The van der Waals surface area contributed by atoms with E-state index in [-0.39, 0.29) is 12.2 Å². The van der Waals surface area contributed by atoms with Crippen molar-refractivity contribution in [2.45, 2.75) is 72.0 Å². The Morgan fingerprint density at radius 2 is 1.07 bits per heavy atom. The molecule has 0 aromatic carbocycles. The summed E-state index contributed by atoms with van der Waals surface area (Å²) in [5.41, 5.74) is -1.04. The number of unbranched alkanes of at least 4 members (excludes halogenated alkanes) is 2. The lowest BCUT2D eigenvalue weighted by Crippen LogP contribution is -2.38. The second-order valence-corrected chi connectivity index (χ2v) is 8.49. The fraction of sp³-hybridized carbons (Fsp3) is 0.714. The van der Waals surface area contributed by atoms with Crippen molar-refractivity contribution in [1.29, 1.82) is 0 Å². The van der Waals surface area contributed by atoms with Crippen LogP contribution in [0, 0.1) is 0 Å². The number of hydrogen-bond acceptors (Lipinski definition) is 4. The lowest BCUT2D eigenvalue weighted by molar-refractivity contribution is 0.0267. The maximum atomic E-state index is 12.2. The van der Waals surface area contributed by atoms with Crippen molar-refractivity contribution in [3.8, 4) is 0 Å². The molecule has 0 N–H and O–H groups in total. The van der Waals surface area contributed by atoms with Crippen LogP contribution < -0.4 is 0 Å². The van der Waals surface area contributed by atoms with Gasteiger partial charge in [-0.2, -0.15) is 0 Å². The molecule has 0 heterocycles. The Bertz CT molecular complexity index is 445. The first-order valence-corrected chi connectivity index (χ1v) is 9.57. The van der Waals surface area contributed by atoms with Gasteiger partial charge in [-0.15, -0.1) is 13.2 Å². The predicted octanol–water partition coefficient (Wildman–Crippen LogP) is 5.00. The van der Waals surface area contributed by atoms with Gasteiger partial charge in [0.05, 0.1) is 0 Å². The number of ether oxygens (including phenoxy) is 2. The van der Waals surface area contributed by atoms with Crippen LogP contribution in [0.2, 0.25) is 0 Å². The van der Waals surface area contributed by atoms with E-state index in [4.69, 9.17) is 9.47 Å². The molecule has 0 bridgehead atoms. The van der Waals surface area contributed by atoms with Crippen molar-refractivity contribution in [3.63, 3.8) is 0 Å². The number of carbonyl (C=O) groups is 2. The molecule has 0 aromatic heterocycles. The van der Waals surface area contributed by atoms with Gasteiger partial charge in [0, 0.05) is 26.2 Å². The Labute approximate surface area is 165 Å². The second kappa shape index (κ2) is 11.7. The van der Waals surface area contributed by atoms with Crippen LogP contribution >= 0.6 is 0 Å². The maximum Gasteiger partial charge on any atom is 0.410 e. The first-order valence-electron chi connectivity index (χ1n) is 9.57.